The first kappa shape index (κ1) is 64.8. The monoisotopic (exact) mass is 1200 g/mol. The molecule has 0 saturated carbocycles. The van der Waals surface area contributed by atoms with Gasteiger partial charge in [0, 0.05) is 0 Å². The van der Waals surface area contributed by atoms with Crippen LogP contribution in [-0.4, -0.2) is 130 Å². The van der Waals surface area contributed by atoms with Crippen LogP contribution in [0.3, 0.4) is 0 Å². The van der Waals surface area contributed by atoms with E-state index in [9.17, 15) is 171 Å². The second-order valence-electron chi connectivity index (χ2n) is 13.5. The molecule has 0 nitrogen and oxygen atoms in total. The Labute approximate surface area is 355 Å². The van der Waals surface area contributed by atoms with Crippen LogP contribution in [0.5, 0.6) is 0 Å². The first-order valence-corrected chi connectivity index (χ1v) is 17.4. The third-order valence-corrected chi connectivity index (χ3v) is 10.0. The molecule has 0 heterocycles. The number of halogens is 39. The minimum atomic E-state index is -8.70. The minimum absolute atomic E-state index is 0.714. The molecule has 0 aromatic heterocycles. The van der Waals surface area contributed by atoms with Crippen LogP contribution in [0, 0.1) is 0 Å². The predicted octanol–water partition coefficient (Wildman–Crippen LogP) is 15.4. The van der Waals surface area contributed by atoms with Gasteiger partial charge >= 0.3 is 355 Å². The van der Waals surface area contributed by atoms with Gasteiger partial charge in [0.1, 0.15) is 0 Å². The molecule has 0 aliphatic carbocycles. The van der Waals surface area contributed by atoms with E-state index in [1.807, 2.05) is 0 Å². The van der Waals surface area contributed by atoms with Gasteiger partial charge in [0.15, 0.2) is 0 Å². The van der Waals surface area contributed by atoms with E-state index < -0.39 is 184 Å². The molecule has 0 fully saturated rings. The second-order valence-corrected chi connectivity index (χ2v) is 15.6. The van der Waals surface area contributed by atoms with E-state index in [1.54, 1.807) is 0 Å². The molecule has 0 aliphatic rings. The maximum atomic E-state index is 14.4. The van der Waals surface area contributed by atoms with Gasteiger partial charge in [0.25, 0.3) is 0 Å². The number of hydrogen-bond acceptors (Lipinski definition) is 0. The van der Waals surface area contributed by atoms with Crippen LogP contribution in [0.25, 0.3) is 0 Å². The van der Waals surface area contributed by atoms with Gasteiger partial charge in [-0.1, -0.05) is 0 Å². The van der Waals surface area contributed by atoms with Crippen molar-refractivity contribution < 1.29 is 171 Å². The summed E-state index contributed by atoms with van der Waals surface area (Å²) in [5, 5.41) is 0. The van der Waals surface area contributed by atoms with E-state index in [0.717, 1.165) is 0 Å². The molecule has 0 saturated heterocycles. The summed E-state index contributed by atoms with van der Waals surface area (Å²) in [6.07, 6.45) is -44.0. The molecule has 0 amide bonds. The van der Waals surface area contributed by atoms with Gasteiger partial charge in [-0.05, 0) is 0 Å². The fraction of sp³-hybridized carbons (Fsp3) is 0.926. The summed E-state index contributed by atoms with van der Waals surface area (Å²) in [6.45, 7) is 0. The van der Waals surface area contributed by atoms with Crippen LogP contribution < -0.4 is 0 Å². The SMILES string of the molecule is FC(F)(F)C(F)(F)C(F)(F)C(F)(F)C(F)(F)C(F)(F)CCC(=C[CH]([Sn])CCC(F)(F)C(F)(F)C(F)(F)C(F)(F)C(F)(F)C(F)(F)F)CCC(F)(F)C(F)(F)C(F)(F)C(F)(F)C(F)(F)C(F)(F)F. The number of alkyl halides is 39. The van der Waals surface area contributed by atoms with Gasteiger partial charge < -0.3 is 0 Å². The van der Waals surface area contributed by atoms with Gasteiger partial charge in [0.05, 0.1) is 0 Å². The molecule has 0 rings (SSSR count). The maximum absolute atomic E-state index is 14.4. The Hall–Kier alpha value is -2.19. The predicted molar refractivity (Wildman–Crippen MR) is 138 cm³/mol. The first-order valence-electron chi connectivity index (χ1n) is 15.7. The molecular weight excluding hydrogens is 1180 g/mol. The average Bonchev–Trinajstić information content (AvgIpc) is 3.09. The molecule has 0 spiro atoms. The van der Waals surface area contributed by atoms with Gasteiger partial charge in [0.2, 0.25) is 0 Å². The van der Waals surface area contributed by atoms with Crippen molar-refractivity contribution in [2.24, 2.45) is 0 Å². The number of rotatable bonds is 22. The Balaban J connectivity index is 7.50. The number of allylic oxidation sites excluding steroid dienone is 2. The van der Waals surface area contributed by atoms with E-state index in [-0.39, 0.29) is 0 Å². The summed E-state index contributed by atoms with van der Waals surface area (Å²) in [4.78, 5) is 0. The molecule has 67 heavy (non-hydrogen) atoms. The summed E-state index contributed by atoms with van der Waals surface area (Å²) in [7, 11) is 0. The summed E-state index contributed by atoms with van der Waals surface area (Å²) in [5.74, 6) is -124. The molecule has 0 aliphatic heterocycles. The molecule has 399 valence electrons. The van der Waals surface area contributed by atoms with Gasteiger partial charge in [-0.2, -0.15) is 0 Å². The van der Waals surface area contributed by atoms with Crippen LogP contribution in [0.1, 0.15) is 38.5 Å². The fourth-order valence-electron chi connectivity index (χ4n) is 4.51. The molecule has 1 atom stereocenters. The van der Waals surface area contributed by atoms with E-state index in [0.29, 0.717) is 0 Å². The summed E-state index contributed by atoms with van der Waals surface area (Å²) >= 11 is -1.01. The first-order chi connectivity index (χ1) is 28.4. The zero-order chi connectivity index (χ0) is 55.1. The molecule has 0 aromatic rings. The van der Waals surface area contributed by atoms with Crippen molar-refractivity contribution in [3.05, 3.63) is 11.6 Å². The van der Waals surface area contributed by atoms with E-state index >= 15 is 0 Å². The van der Waals surface area contributed by atoms with Crippen molar-refractivity contribution in [1.29, 1.82) is 0 Å². The quantitative estimate of drug-likeness (QED) is 0.0576. The Morgan fingerprint density at radius 2 is 0.448 bits per heavy atom. The Morgan fingerprint density at radius 1 is 0.269 bits per heavy atom. The Morgan fingerprint density at radius 3 is 0.642 bits per heavy atom. The summed E-state index contributed by atoms with van der Waals surface area (Å²) in [5.41, 5.74) is -2.35. The third kappa shape index (κ3) is 10.2. The molecular formula is C27H14F39Sn. The van der Waals surface area contributed by atoms with Crippen LogP contribution in [0.2, 0.25) is 3.93 Å². The molecule has 0 bridgehead atoms. The second kappa shape index (κ2) is 17.8. The van der Waals surface area contributed by atoms with Crippen molar-refractivity contribution in [3.8, 4) is 0 Å². The van der Waals surface area contributed by atoms with Crippen LogP contribution in [0.15, 0.2) is 11.6 Å². The summed E-state index contributed by atoms with van der Waals surface area (Å²) in [6, 6.07) is 0. The zero-order valence-corrected chi connectivity index (χ0v) is 33.0. The van der Waals surface area contributed by atoms with E-state index in [4.69, 9.17) is 0 Å². The number of hydrogen-bond donors (Lipinski definition) is 0. The van der Waals surface area contributed by atoms with Crippen molar-refractivity contribution in [2.75, 3.05) is 0 Å². The van der Waals surface area contributed by atoms with Gasteiger partial charge in [-0.3, -0.25) is 0 Å². The molecule has 1 unspecified atom stereocenters. The molecule has 40 heteroatoms. The topological polar surface area (TPSA) is 0 Å². The fourth-order valence-corrected chi connectivity index (χ4v) is 5.59. The van der Waals surface area contributed by atoms with E-state index in [2.05, 4.69) is 0 Å². The van der Waals surface area contributed by atoms with Crippen molar-refractivity contribution in [3.63, 3.8) is 0 Å². The van der Waals surface area contributed by atoms with Crippen molar-refractivity contribution in [2.45, 2.75) is 150 Å². The molecule has 0 aromatic carbocycles. The molecule has 0 N–H and O–H groups in total. The van der Waals surface area contributed by atoms with Crippen molar-refractivity contribution >= 4 is 22.5 Å². The summed E-state index contributed by atoms with van der Waals surface area (Å²) < 4.78 is 521. The van der Waals surface area contributed by atoms with Crippen molar-refractivity contribution in [1.82, 2.24) is 0 Å². The Kier molecular flexibility index (Phi) is 17.2. The average molecular weight is 1200 g/mol. The zero-order valence-electron chi connectivity index (χ0n) is 30.1. The van der Waals surface area contributed by atoms with E-state index in [1.165, 1.54) is 0 Å². The Bertz CT molecular complexity index is 1640. The van der Waals surface area contributed by atoms with Crippen LogP contribution in [-0.2, 0) is 0 Å². The van der Waals surface area contributed by atoms with Crippen LogP contribution >= 0.6 is 0 Å². The van der Waals surface area contributed by atoms with Crippen LogP contribution in [0.4, 0.5) is 171 Å². The molecule has 3 radical (unpaired) electrons. The van der Waals surface area contributed by atoms with Gasteiger partial charge in [-0.15, -0.1) is 0 Å². The standard InChI is InChI=1S/C27H14F39.Sn/c28-10(29,13(34,35)16(40,41)19(46,47)22(52,53)25(58,59)60)6-2-1-3-9(4-7-11(30,31)14(36,37)17(42,43)20(48,49)23(54,55)26(61,62)63)5-8-12(32,33)15(38,39)18(44,45)21(50,51)24(56,57)27(64,65)66;/h1,3H,2,4-8H2;. The van der Waals surface area contributed by atoms with Gasteiger partial charge in [-0.25, -0.2) is 0 Å². The third-order valence-electron chi connectivity index (χ3n) is 8.72. The normalized spacial score (nSPS) is 17.0.